The van der Waals surface area contributed by atoms with E-state index in [2.05, 4.69) is 5.32 Å². The summed E-state index contributed by atoms with van der Waals surface area (Å²) in [5, 5.41) is 2.62. The van der Waals surface area contributed by atoms with E-state index in [9.17, 15) is 18.4 Å². The number of amides is 1. The molecular formula is C25H19F2NO6. The van der Waals surface area contributed by atoms with Gasteiger partial charge in [0.15, 0.2) is 23.5 Å². The first-order chi connectivity index (χ1) is 16.4. The van der Waals surface area contributed by atoms with Crippen LogP contribution >= 0.6 is 0 Å². The van der Waals surface area contributed by atoms with E-state index in [4.69, 9.17) is 18.6 Å². The Morgan fingerprint density at radius 3 is 2.50 bits per heavy atom. The largest absolute Gasteiger partial charge is 0.493 e. The van der Waals surface area contributed by atoms with E-state index in [1.54, 1.807) is 18.2 Å². The maximum atomic E-state index is 13.7. The third-order valence-electron chi connectivity index (χ3n) is 5.02. The fourth-order valence-electron chi connectivity index (χ4n) is 3.33. The third-order valence-corrected chi connectivity index (χ3v) is 5.02. The summed E-state index contributed by atoms with van der Waals surface area (Å²) in [5.41, 5.74) is 0.768. The number of ether oxygens (including phenoxy) is 3. The minimum absolute atomic E-state index is 0.165. The van der Waals surface area contributed by atoms with Crippen molar-refractivity contribution in [3.63, 3.8) is 0 Å². The summed E-state index contributed by atoms with van der Waals surface area (Å²) in [6.45, 7) is -0.434. The van der Waals surface area contributed by atoms with Crippen LogP contribution in [0.4, 0.5) is 14.5 Å². The van der Waals surface area contributed by atoms with E-state index in [0.717, 1.165) is 12.1 Å². The van der Waals surface area contributed by atoms with Crippen LogP contribution in [0, 0.1) is 11.6 Å². The molecule has 9 heteroatoms. The Hall–Kier alpha value is -4.40. The zero-order chi connectivity index (χ0) is 24.2. The number of anilines is 1. The quantitative estimate of drug-likeness (QED) is 0.421. The Balaban J connectivity index is 1.51. The van der Waals surface area contributed by atoms with Gasteiger partial charge < -0.3 is 23.9 Å². The van der Waals surface area contributed by atoms with E-state index in [1.165, 1.54) is 38.7 Å². The molecule has 0 bridgehead atoms. The van der Waals surface area contributed by atoms with Gasteiger partial charge in [-0.1, -0.05) is 6.07 Å². The number of nitrogens with one attached hydrogen (secondary N) is 1. The first-order valence-electron chi connectivity index (χ1n) is 10.0. The molecule has 0 spiro atoms. The lowest BCUT2D eigenvalue weighted by atomic mass is 10.0. The van der Waals surface area contributed by atoms with Crippen LogP contribution in [0.3, 0.4) is 0 Å². The zero-order valence-corrected chi connectivity index (χ0v) is 18.2. The number of fused-ring (bicyclic) bond motifs is 1. The Morgan fingerprint density at radius 1 is 0.971 bits per heavy atom. The summed E-state index contributed by atoms with van der Waals surface area (Å²) >= 11 is 0. The Morgan fingerprint density at radius 2 is 1.76 bits per heavy atom. The van der Waals surface area contributed by atoms with E-state index >= 15 is 0 Å². The molecule has 0 saturated carbocycles. The van der Waals surface area contributed by atoms with Gasteiger partial charge in [0.2, 0.25) is 0 Å². The Kier molecular flexibility index (Phi) is 6.44. The summed E-state index contributed by atoms with van der Waals surface area (Å²) in [5.74, 6) is -1.02. The molecule has 3 aromatic carbocycles. The highest BCUT2D eigenvalue weighted by molar-refractivity contribution is 5.92. The van der Waals surface area contributed by atoms with Gasteiger partial charge in [-0.05, 0) is 42.0 Å². The highest BCUT2D eigenvalue weighted by Crippen LogP contribution is 2.32. The molecule has 0 fully saturated rings. The van der Waals surface area contributed by atoms with Gasteiger partial charge in [-0.25, -0.2) is 8.78 Å². The van der Waals surface area contributed by atoms with Gasteiger partial charge in [0.1, 0.15) is 29.2 Å². The van der Waals surface area contributed by atoms with E-state index in [-0.39, 0.29) is 22.4 Å². The summed E-state index contributed by atoms with van der Waals surface area (Å²) < 4.78 is 48.2. The van der Waals surface area contributed by atoms with E-state index in [0.29, 0.717) is 34.1 Å². The molecule has 4 aromatic rings. The lowest BCUT2D eigenvalue weighted by Crippen LogP contribution is -2.20. The molecule has 0 aliphatic heterocycles. The van der Waals surface area contributed by atoms with Crippen molar-refractivity contribution in [2.24, 2.45) is 0 Å². The van der Waals surface area contributed by atoms with Crippen LogP contribution in [0.2, 0.25) is 0 Å². The SMILES string of the molecule is COc1ccc(-c2coc3cc(OCC(=O)Nc4ccc(F)cc4F)ccc3c2=O)cc1OC. The van der Waals surface area contributed by atoms with Crippen LogP contribution in [0.1, 0.15) is 0 Å². The molecule has 1 N–H and O–H groups in total. The molecule has 0 saturated heterocycles. The van der Waals surface area contributed by atoms with Crippen LogP contribution in [-0.2, 0) is 4.79 Å². The molecule has 34 heavy (non-hydrogen) atoms. The molecular weight excluding hydrogens is 448 g/mol. The lowest BCUT2D eigenvalue weighted by molar-refractivity contribution is -0.118. The van der Waals surface area contributed by atoms with Gasteiger partial charge in [-0.3, -0.25) is 9.59 Å². The number of carbonyl (C=O) groups is 1. The molecule has 174 valence electrons. The highest BCUT2D eigenvalue weighted by Gasteiger charge is 2.14. The average Bonchev–Trinajstić information content (AvgIpc) is 2.84. The standard InChI is InChI=1S/C25H19F2NO6/c1-31-21-8-3-14(9-23(21)32-2)18-12-34-22-11-16(5-6-17(22)25(18)30)33-13-24(29)28-20-7-4-15(26)10-19(20)27/h3-12H,13H2,1-2H3,(H,28,29). The highest BCUT2D eigenvalue weighted by atomic mass is 19.1. The second-order valence-corrected chi connectivity index (χ2v) is 7.17. The second-order valence-electron chi connectivity index (χ2n) is 7.17. The predicted octanol–water partition coefficient (Wildman–Crippen LogP) is 4.77. The zero-order valence-electron chi connectivity index (χ0n) is 18.2. The van der Waals surface area contributed by atoms with Crippen molar-refractivity contribution < 1.29 is 32.2 Å². The molecule has 0 atom stereocenters. The van der Waals surface area contributed by atoms with Crippen LogP contribution < -0.4 is 25.0 Å². The lowest BCUT2D eigenvalue weighted by Gasteiger charge is -2.10. The second kappa shape index (κ2) is 9.62. The normalized spacial score (nSPS) is 10.7. The fraction of sp³-hybridized carbons (Fsp3) is 0.120. The molecule has 0 aliphatic rings. The maximum Gasteiger partial charge on any atom is 0.262 e. The number of hydrogen-bond donors (Lipinski definition) is 1. The monoisotopic (exact) mass is 467 g/mol. The molecule has 7 nitrogen and oxygen atoms in total. The molecule has 0 aliphatic carbocycles. The van der Waals surface area contributed by atoms with Crippen molar-refractivity contribution in [2.45, 2.75) is 0 Å². The van der Waals surface area contributed by atoms with Crippen LogP contribution in [-0.4, -0.2) is 26.7 Å². The summed E-state index contributed by atoms with van der Waals surface area (Å²) in [7, 11) is 3.02. The number of rotatable bonds is 7. The topological polar surface area (TPSA) is 87.0 Å². The smallest absolute Gasteiger partial charge is 0.262 e. The van der Waals surface area contributed by atoms with Crippen LogP contribution in [0.15, 0.2) is 70.1 Å². The molecule has 1 aromatic heterocycles. The van der Waals surface area contributed by atoms with E-state index in [1.807, 2.05) is 0 Å². The van der Waals surface area contributed by atoms with Crippen molar-refractivity contribution in [1.29, 1.82) is 0 Å². The van der Waals surface area contributed by atoms with Crippen molar-refractivity contribution in [1.82, 2.24) is 0 Å². The van der Waals surface area contributed by atoms with Crippen molar-refractivity contribution in [3.8, 4) is 28.4 Å². The van der Waals surface area contributed by atoms with Crippen LogP contribution in [0.5, 0.6) is 17.2 Å². The number of methoxy groups -OCH3 is 2. The minimum Gasteiger partial charge on any atom is -0.493 e. The summed E-state index contributed by atoms with van der Waals surface area (Å²) in [6, 6.07) is 12.4. The Bertz CT molecular complexity index is 1430. The van der Waals surface area contributed by atoms with E-state index < -0.39 is 24.1 Å². The average molecular weight is 467 g/mol. The van der Waals surface area contributed by atoms with Crippen molar-refractivity contribution in [3.05, 3.63) is 82.7 Å². The van der Waals surface area contributed by atoms with Gasteiger partial charge in [0.05, 0.1) is 30.9 Å². The molecule has 1 heterocycles. The van der Waals surface area contributed by atoms with Gasteiger partial charge in [-0.15, -0.1) is 0 Å². The summed E-state index contributed by atoms with van der Waals surface area (Å²) in [4.78, 5) is 25.1. The van der Waals surface area contributed by atoms with Crippen molar-refractivity contribution in [2.75, 3.05) is 26.1 Å². The number of hydrogen-bond acceptors (Lipinski definition) is 6. The molecule has 0 unspecified atom stereocenters. The van der Waals surface area contributed by atoms with Gasteiger partial charge in [0.25, 0.3) is 5.91 Å². The first-order valence-corrected chi connectivity index (χ1v) is 10.0. The molecule has 0 radical (unpaired) electrons. The molecule has 1 amide bonds. The van der Waals surface area contributed by atoms with Crippen molar-refractivity contribution >= 4 is 22.6 Å². The Labute approximate surface area is 192 Å². The van der Waals surface area contributed by atoms with Gasteiger partial charge in [-0.2, -0.15) is 0 Å². The van der Waals surface area contributed by atoms with Gasteiger partial charge >= 0.3 is 0 Å². The third kappa shape index (κ3) is 4.68. The summed E-state index contributed by atoms with van der Waals surface area (Å²) in [6.07, 6.45) is 1.33. The number of carbonyl (C=O) groups excluding carboxylic acids is 1. The fourth-order valence-corrected chi connectivity index (χ4v) is 3.33. The number of halogens is 2. The minimum atomic E-state index is -0.897. The molecule has 4 rings (SSSR count). The maximum absolute atomic E-state index is 13.7. The predicted molar refractivity (Wildman–Crippen MR) is 122 cm³/mol. The first kappa shape index (κ1) is 22.8. The van der Waals surface area contributed by atoms with Gasteiger partial charge in [0, 0.05) is 12.1 Å². The van der Waals surface area contributed by atoms with Crippen LogP contribution in [0.25, 0.3) is 22.1 Å². The number of benzene rings is 3.